The van der Waals surface area contributed by atoms with E-state index in [9.17, 15) is 19.2 Å². The van der Waals surface area contributed by atoms with Gasteiger partial charge in [-0.25, -0.2) is 4.79 Å². The lowest BCUT2D eigenvalue weighted by atomic mass is 9.43. The molecule has 1 aromatic rings. The molecule has 11 nitrogen and oxygen atoms in total. The van der Waals surface area contributed by atoms with Gasteiger partial charge in [0.15, 0.2) is 0 Å². The van der Waals surface area contributed by atoms with Crippen molar-refractivity contribution in [2.75, 3.05) is 13.6 Å². The van der Waals surface area contributed by atoms with Crippen molar-refractivity contribution in [1.82, 2.24) is 21.3 Å². The quantitative estimate of drug-likeness (QED) is 0.271. The molecule has 4 N–H and O–H groups in total. The molecule has 0 radical (unpaired) electrons. The molecule has 1 aromatic carbocycles. The summed E-state index contributed by atoms with van der Waals surface area (Å²) < 4.78 is 17.3. The number of hydrogen-bond donors (Lipinski definition) is 4. The highest BCUT2D eigenvalue weighted by Gasteiger charge is 2.67. The minimum absolute atomic E-state index is 0.0125. The van der Waals surface area contributed by atoms with Gasteiger partial charge in [0.25, 0.3) is 0 Å². The Balaban J connectivity index is 1.37. The summed E-state index contributed by atoms with van der Waals surface area (Å²) >= 11 is 0. The molecule has 4 fully saturated rings. The number of ether oxygens (including phenoxy) is 1. The van der Waals surface area contributed by atoms with E-state index in [0.29, 0.717) is 18.3 Å². The second-order valence-electron chi connectivity index (χ2n) is 13.2. The molecule has 0 aromatic heterocycles. The number of methoxy groups -OCH3 is 1. The van der Waals surface area contributed by atoms with Crippen LogP contribution in [0.4, 0.5) is 4.79 Å². The third-order valence-corrected chi connectivity index (χ3v) is 9.81. The number of carbonyl (C=O) groups is 4. The van der Waals surface area contributed by atoms with Gasteiger partial charge in [0, 0.05) is 6.42 Å². The second kappa shape index (κ2) is 13.3. The molecule has 2 bridgehead atoms. The smallest absolute Gasteiger partial charge is 0.453 e. The summed E-state index contributed by atoms with van der Waals surface area (Å²) in [5.74, 6) is -0.610. The number of hydrogen-bond acceptors (Lipinski definition) is 7. The highest BCUT2D eigenvalue weighted by molar-refractivity contribution is 6.46. The van der Waals surface area contributed by atoms with Gasteiger partial charge < -0.3 is 35.3 Å². The van der Waals surface area contributed by atoms with Crippen LogP contribution >= 0.6 is 0 Å². The van der Waals surface area contributed by atoms with Crippen LogP contribution in [0.2, 0.25) is 0 Å². The Morgan fingerprint density at radius 1 is 0.977 bits per heavy atom. The van der Waals surface area contributed by atoms with Crippen molar-refractivity contribution in [3.8, 4) is 0 Å². The standard InChI is InChI=1S/C31H47BN4O7/c1-8-21(26(37)33-17-32-42-24-16-20-15-23(30(20,4)5)31(24,6)43-32)34-27(38)22(14-19-12-10-9-11-13-19)35-28(39)25(18(2)3)36-29(40)41-7/h9-13,18,20-25H,8,14-17H2,1-7H3,(H,33,37)(H,34,38)(H,35,39)(H,36,40)/t20-,21-,22-,23-,24+,25-,31-/m0/s1. The first-order valence-electron chi connectivity index (χ1n) is 15.4. The molecule has 0 unspecified atom stereocenters. The lowest BCUT2D eigenvalue weighted by Gasteiger charge is -2.64. The average Bonchev–Trinajstić information content (AvgIpc) is 3.33. The average molecular weight is 599 g/mol. The maximum absolute atomic E-state index is 13.5. The predicted molar refractivity (Wildman–Crippen MR) is 162 cm³/mol. The van der Waals surface area contributed by atoms with Crippen molar-refractivity contribution in [3.05, 3.63) is 35.9 Å². The van der Waals surface area contributed by atoms with Crippen molar-refractivity contribution in [2.45, 2.75) is 97.1 Å². The SMILES string of the molecule is CC[C@H](NC(=O)[C@H](Cc1ccccc1)NC(=O)[C@@H](NC(=O)OC)C(C)C)C(=O)NCB1O[C@@H]2C[C@@H]3C[C@@H](C3(C)C)[C@]2(C)O1. The third-order valence-electron chi connectivity index (χ3n) is 9.81. The number of alkyl carbamates (subject to hydrolysis) is 1. The Labute approximate surface area is 255 Å². The van der Waals surface area contributed by atoms with Gasteiger partial charge in [-0.2, -0.15) is 0 Å². The number of nitrogens with one attached hydrogen (secondary N) is 4. The van der Waals surface area contributed by atoms with E-state index in [4.69, 9.17) is 9.31 Å². The first-order chi connectivity index (χ1) is 20.3. The Morgan fingerprint density at radius 3 is 2.26 bits per heavy atom. The van der Waals surface area contributed by atoms with Crippen molar-refractivity contribution in [3.63, 3.8) is 0 Å². The fourth-order valence-electron chi connectivity index (χ4n) is 7.01. The molecule has 12 heteroatoms. The molecule has 236 valence electrons. The van der Waals surface area contributed by atoms with Gasteiger partial charge in [-0.3, -0.25) is 14.4 Å². The lowest BCUT2D eigenvalue weighted by Crippen LogP contribution is -2.65. The van der Waals surface area contributed by atoms with Crippen LogP contribution in [0.5, 0.6) is 0 Å². The third kappa shape index (κ3) is 7.01. The van der Waals surface area contributed by atoms with Gasteiger partial charge in [-0.15, -0.1) is 0 Å². The van der Waals surface area contributed by atoms with E-state index < -0.39 is 43.2 Å². The zero-order valence-electron chi connectivity index (χ0n) is 26.4. The Hall–Kier alpha value is -3.12. The molecule has 3 aliphatic carbocycles. The highest BCUT2D eigenvalue weighted by Crippen LogP contribution is 2.65. The van der Waals surface area contributed by atoms with Crippen LogP contribution in [0, 0.1) is 23.2 Å². The van der Waals surface area contributed by atoms with Crippen LogP contribution in [-0.4, -0.2) is 74.3 Å². The molecular formula is C31H47BN4O7. The fourth-order valence-corrected chi connectivity index (χ4v) is 7.01. The zero-order valence-corrected chi connectivity index (χ0v) is 26.4. The predicted octanol–water partition coefficient (Wildman–Crippen LogP) is 2.37. The van der Waals surface area contributed by atoms with E-state index in [1.165, 1.54) is 7.11 Å². The Bertz CT molecular complexity index is 1180. The van der Waals surface area contributed by atoms with E-state index in [1.807, 2.05) is 30.3 Å². The van der Waals surface area contributed by atoms with Crippen molar-refractivity contribution in [1.29, 1.82) is 0 Å². The van der Waals surface area contributed by atoms with E-state index in [2.05, 4.69) is 46.8 Å². The minimum atomic E-state index is -0.989. The maximum atomic E-state index is 13.5. The first kappa shape index (κ1) is 32.8. The second-order valence-corrected chi connectivity index (χ2v) is 13.2. The van der Waals surface area contributed by atoms with E-state index in [1.54, 1.807) is 20.8 Å². The Kier molecular flexibility index (Phi) is 10.1. The summed E-state index contributed by atoms with van der Waals surface area (Å²) in [4.78, 5) is 51.8. The molecule has 3 saturated carbocycles. The molecule has 4 aliphatic rings. The number of rotatable bonds is 12. The lowest BCUT2D eigenvalue weighted by molar-refractivity contribution is -0.199. The van der Waals surface area contributed by atoms with Crippen LogP contribution < -0.4 is 21.3 Å². The maximum Gasteiger partial charge on any atom is 0.478 e. The topological polar surface area (TPSA) is 144 Å². The van der Waals surface area contributed by atoms with Crippen molar-refractivity contribution >= 4 is 30.9 Å². The molecular weight excluding hydrogens is 551 g/mol. The summed E-state index contributed by atoms with van der Waals surface area (Å²) in [6.07, 6.45) is 2.08. The summed E-state index contributed by atoms with van der Waals surface area (Å²) in [6, 6.07) is 6.52. The van der Waals surface area contributed by atoms with Crippen LogP contribution in [0.25, 0.3) is 0 Å². The van der Waals surface area contributed by atoms with Crippen LogP contribution in [-0.2, 0) is 34.9 Å². The number of benzene rings is 1. The molecule has 5 rings (SSSR count). The van der Waals surface area contributed by atoms with Gasteiger partial charge >= 0.3 is 13.2 Å². The van der Waals surface area contributed by atoms with Crippen molar-refractivity contribution < 1.29 is 33.2 Å². The monoisotopic (exact) mass is 598 g/mol. The molecule has 4 amide bonds. The van der Waals surface area contributed by atoms with E-state index in [0.717, 1.165) is 18.4 Å². The van der Waals surface area contributed by atoms with Gasteiger partial charge in [-0.1, -0.05) is 65.0 Å². The largest absolute Gasteiger partial charge is 0.478 e. The molecule has 7 atom stereocenters. The highest BCUT2D eigenvalue weighted by atomic mass is 16.7. The first-order valence-corrected chi connectivity index (χ1v) is 15.4. The fraction of sp³-hybridized carbons (Fsp3) is 0.677. The molecule has 43 heavy (non-hydrogen) atoms. The summed E-state index contributed by atoms with van der Waals surface area (Å²) in [6.45, 7) is 12.1. The summed E-state index contributed by atoms with van der Waals surface area (Å²) in [5.41, 5.74) is 0.681. The molecule has 1 saturated heterocycles. The van der Waals surface area contributed by atoms with Gasteiger partial charge in [0.1, 0.15) is 18.1 Å². The molecule has 0 spiro atoms. The molecule has 1 aliphatic heterocycles. The summed E-state index contributed by atoms with van der Waals surface area (Å²) in [7, 11) is 0.663. The minimum Gasteiger partial charge on any atom is -0.453 e. The van der Waals surface area contributed by atoms with Gasteiger partial charge in [0.05, 0.1) is 25.3 Å². The Morgan fingerprint density at radius 2 is 1.65 bits per heavy atom. The van der Waals surface area contributed by atoms with Crippen LogP contribution in [0.3, 0.4) is 0 Å². The zero-order chi connectivity index (χ0) is 31.5. The van der Waals surface area contributed by atoms with Crippen LogP contribution in [0.1, 0.15) is 66.4 Å². The van der Waals surface area contributed by atoms with Crippen LogP contribution in [0.15, 0.2) is 30.3 Å². The van der Waals surface area contributed by atoms with Gasteiger partial charge in [-0.05, 0) is 54.9 Å². The number of carbonyl (C=O) groups excluding carboxylic acids is 4. The van der Waals surface area contributed by atoms with E-state index >= 15 is 0 Å². The van der Waals surface area contributed by atoms with Crippen molar-refractivity contribution in [2.24, 2.45) is 23.2 Å². The molecule has 1 heterocycles. The summed E-state index contributed by atoms with van der Waals surface area (Å²) in [5, 5.41) is 11.0. The number of amides is 4. The van der Waals surface area contributed by atoms with E-state index in [-0.39, 0.29) is 41.8 Å². The normalized spacial score (nSPS) is 27.2. The van der Waals surface area contributed by atoms with Gasteiger partial charge in [0.2, 0.25) is 17.7 Å².